The average molecular weight is 466 g/mol. The second-order valence-electron chi connectivity index (χ2n) is 12.3. The molecule has 0 unspecified atom stereocenters. The van der Waals surface area contributed by atoms with Crippen LogP contribution in [-0.2, 0) is 9.47 Å². The molecule has 7 rings (SSSR count). The van der Waals surface area contributed by atoms with Gasteiger partial charge in [0.05, 0.1) is 30.3 Å². The minimum Gasteiger partial charge on any atom is -0.348 e. The number of para-hydroxylation sites is 2. The maximum Gasteiger partial charge on any atom is 0.329 e. The van der Waals surface area contributed by atoms with Crippen LogP contribution in [0.25, 0.3) is 11.0 Å². The molecular weight excluding hydrogens is 426 g/mol. The molecule has 5 aliphatic rings. The van der Waals surface area contributed by atoms with E-state index in [-0.39, 0.29) is 17.8 Å². The van der Waals surface area contributed by atoms with Gasteiger partial charge in [-0.2, -0.15) is 0 Å². The molecule has 3 heterocycles. The Bertz CT molecular complexity index is 1130. The molecular formula is C28H39N3O3. The van der Waals surface area contributed by atoms with Crippen LogP contribution in [0.3, 0.4) is 0 Å². The number of hydrogen-bond donors (Lipinski definition) is 0. The molecule has 1 aromatic heterocycles. The van der Waals surface area contributed by atoms with Gasteiger partial charge in [0.25, 0.3) is 0 Å². The van der Waals surface area contributed by atoms with Crippen LogP contribution < -0.4 is 5.69 Å². The molecule has 6 heteroatoms. The smallest absolute Gasteiger partial charge is 0.329 e. The summed E-state index contributed by atoms with van der Waals surface area (Å²) in [5.41, 5.74) is 2.90. The van der Waals surface area contributed by atoms with Crippen molar-refractivity contribution in [3.8, 4) is 0 Å². The van der Waals surface area contributed by atoms with Crippen molar-refractivity contribution in [2.24, 2.45) is 23.2 Å². The van der Waals surface area contributed by atoms with Crippen LogP contribution in [0.4, 0.5) is 0 Å². The number of imidazole rings is 1. The van der Waals surface area contributed by atoms with Crippen molar-refractivity contribution in [2.45, 2.75) is 76.7 Å². The van der Waals surface area contributed by atoms with E-state index in [1.807, 2.05) is 24.5 Å². The summed E-state index contributed by atoms with van der Waals surface area (Å²) >= 11 is 0. The molecule has 5 fully saturated rings. The lowest BCUT2D eigenvalue weighted by atomic mass is 9.76. The average Bonchev–Trinajstić information content (AvgIpc) is 3.23. The van der Waals surface area contributed by atoms with Gasteiger partial charge in [-0.05, 0) is 94.1 Å². The van der Waals surface area contributed by atoms with Gasteiger partial charge in [-0.15, -0.1) is 0 Å². The first kappa shape index (κ1) is 21.6. The highest BCUT2D eigenvalue weighted by Gasteiger charge is 2.63. The second kappa shape index (κ2) is 7.68. The second-order valence-corrected chi connectivity index (χ2v) is 12.3. The van der Waals surface area contributed by atoms with Crippen LogP contribution in [-0.4, -0.2) is 52.7 Å². The summed E-state index contributed by atoms with van der Waals surface area (Å²) in [6.45, 7) is 8.41. The number of rotatable bonds is 4. The molecule has 0 amide bonds. The summed E-state index contributed by atoms with van der Waals surface area (Å²) in [4.78, 5) is 16.5. The zero-order chi connectivity index (χ0) is 23.1. The van der Waals surface area contributed by atoms with Gasteiger partial charge in [0.2, 0.25) is 0 Å². The number of fused-ring (bicyclic) bond motifs is 4. The lowest BCUT2D eigenvalue weighted by Crippen LogP contribution is -2.44. The molecule has 3 aliphatic carbocycles. The van der Waals surface area contributed by atoms with Crippen LogP contribution in [0, 0.1) is 23.2 Å². The van der Waals surface area contributed by atoms with E-state index in [0.717, 1.165) is 60.1 Å². The van der Waals surface area contributed by atoms with E-state index in [1.54, 1.807) is 0 Å². The van der Waals surface area contributed by atoms with Crippen LogP contribution in [0.1, 0.15) is 70.9 Å². The van der Waals surface area contributed by atoms with Crippen LogP contribution in [0.15, 0.2) is 29.1 Å². The van der Waals surface area contributed by atoms with Crippen molar-refractivity contribution in [3.05, 3.63) is 34.7 Å². The van der Waals surface area contributed by atoms with Gasteiger partial charge in [0, 0.05) is 25.7 Å². The number of piperidine rings is 1. The van der Waals surface area contributed by atoms with Crippen LogP contribution in [0.5, 0.6) is 0 Å². The fourth-order valence-corrected chi connectivity index (χ4v) is 8.30. The van der Waals surface area contributed by atoms with Gasteiger partial charge in [0.1, 0.15) is 0 Å². The molecule has 2 aromatic rings. The van der Waals surface area contributed by atoms with Crippen molar-refractivity contribution in [1.82, 2.24) is 14.0 Å². The Hall–Kier alpha value is -1.63. The van der Waals surface area contributed by atoms with E-state index in [4.69, 9.17) is 9.47 Å². The monoisotopic (exact) mass is 465 g/mol. The zero-order valence-electron chi connectivity index (χ0n) is 20.7. The number of aromatic nitrogens is 2. The minimum absolute atomic E-state index is 0.0840. The summed E-state index contributed by atoms with van der Waals surface area (Å²) in [6.07, 6.45) is 9.62. The van der Waals surface area contributed by atoms with Crippen molar-refractivity contribution in [1.29, 1.82) is 0 Å². The molecule has 2 saturated heterocycles. The molecule has 0 radical (unpaired) electrons. The fourth-order valence-electron chi connectivity index (χ4n) is 8.30. The molecule has 3 atom stereocenters. The van der Waals surface area contributed by atoms with Gasteiger partial charge >= 0.3 is 5.69 Å². The Morgan fingerprint density at radius 3 is 2.21 bits per heavy atom. The molecule has 3 saturated carbocycles. The Morgan fingerprint density at radius 2 is 1.56 bits per heavy atom. The molecule has 0 N–H and O–H groups in total. The van der Waals surface area contributed by atoms with Crippen LogP contribution in [0.2, 0.25) is 0 Å². The van der Waals surface area contributed by atoms with Crippen molar-refractivity contribution in [2.75, 3.05) is 32.8 Å². The van der Waals surface area contributed by atoms with Gasteiger partial charge in [-0.25, -0.2) is 4.79 Å². The zero-order valence-corrected chi connectivity index (χ0v) is 20.7. The normalized spacial score (nSPS) is 33.3. The molecule has 6 nitrogen and oxygen atoms in total. The lowest BCUT2D eigenvalue weighted by molar-refractivity contribution is -0.258. The van der Waals surface area contributed by atoms with Crippen molar-refractivity contribution in [3.63, 3.8) is 0 Å². The highest BCUT2D eigenvalue weighted by molar-refractivity contribution is 5.76. The summed E-state index contributed by atoms with van der Waals surface area (Å²) in [5, 5.41) is 0. The van der Waals surface area contributed by atoms with E-state index < -0.39 is 5.79 Å². The van der Waals surface area contributed by atoms with Gasteiger partial charge in [-0.1, -0.05) is 12.1 Å². The third-order valence-electron chi connectivity index (χ3n) is 10.2. The summed E-state index contributed by atoms with van der Waals surface area (Å²) in [6, 6.07) is 8.46. The Labute approximate surface area is 202 Å². The maximum absolute atomic E-state index is 13.8. The summed E-state index contributed by atoms with van der Waals surface area (Å²) in [5.74, 6) is 2.41. The third-order valence-corrected chi connectivity index (χ3v) is 10.2. The van der Waals surface area contributed by atoms with E-state index >= 15 is 0 Å². The topological polar surface area (TPSA) is 48.6 Å². The first-order chi connectivity index (χ1) is 16.5. The van der Waals surface area contributed by atoms with Crippen LogP contribution >= 0.6 is 0 Å². The van der Waals surface area contributed by atoms with Crippen molar-refractivity contribution < 1.29 is 9.47 Å². The highest BCUT2D eigenvalue weighted by Crippen LogP contribution is 2.71. The summed E-state index contributed by atoms with van der Waals surface area (Å²) in [7, 11) is 0. The van der Waals surface area contributed by atoms with E-state index in [9.17, 15) is 4.79 Å². The Balaban J connectivity index is 1.10. The van der Waals surface area contributed by atoms with E-state index in [1.165, 1.54) is 38.6 Å². The molecule has 1 aromatic carbocycles. The number of hydrogen-bond acceptors (Lipinski definition) is 4. The minimum atomic E-state index is -0.580. The van der Waals surface area contributed by atoms with Crippen molar-refractivity contribution >= 4 is 11.0 Å². The molecule has 2 bridgehead atoms. The molecule has 34 heavy (non-hydrogen) atoms. The fraction of sp³-hybridized carbons (Fsp3) is 0.750. The predicted molar refractivity (Wildman–Crippen MR) is 132 cm³/mol. The molecule has 2 aliphatic heterocycles. The maximum atomic E-state index is 13.8. The Kier molecular flexibility index (Phi) is 4.89. The number of likely N-dealkylation sites (tertiary alicyclic amines) is 1. The number of benzene rings is 1. The predicted octanol–water partition coefficient (Wildman–Crippen LogP) is 4.59. The summed E-state index contributed by atoms with van der Waals surface area (Å²) < 4.78 is 15.8. The van der Waals surface area contributed by atoms with Gasteiger partial charge in [0.15, 0.2) is 5.79 Å². The van der Waals surface area contributed by atoms with E-state index in [2.05, 4.69) is 27.7 Å². The molecule has 1 spiro atoms. The third kappa shape index (κ3) is 3.28. The van der Waals surface area contributed by atoms with Gasteiger partial charge in [-0.3, -0.25) is 9.13 Å². The Morgan fingerprint density at radius 1 is 0.912 bits per heavy atom. The number of nitrogens with zero attached hydrogens (tertiary/aromatic N) is 3. The first-order valence-corrected chi connectivity index (χ1v) is 13.7. The molecule has 184 valence electrons. The standard InChI is InChI=1S/C28H39N3O3/c1-27(2)33-17-22(18-34-27)31-25-6-4-3-5-24(25)30(26(31)32)21-9-13-29(14-10-21)16-23-19-7-8-20(15-19)28(23)11-12-28/h3-6,19-23H,7-18H2,1-2H3/t19-,20+,23-/m0/s1. The highest BCUT2D eigenvalue weighted by atomic mass is 16.7. The lowest BCUT2D eigenvalue weighted by Gasteiger charge is -2.39. The van der Waals surface area contributed by atoms with E-state index in [0.29, 0.717) is 13.2 Å². The quantitative estimate of drug-likeness (QED) is 0.663. The SMILES string of the molecule is CC1(C)OCC(n2c(=O)n(C3CCN(C[C@H]4[C@H]5CC[C@H](C5)C45CC5)CC3)c3ccccc32)CO1. The first-order valence-electron chi connectivity index (χ1n) is 13.7. The number of ether oxygens (including phenoxy) is 2. The largest absolute Gasteiger partial charge is 0.348 e. The van der Waals surface area contributed by atoms with Gasteiger partial charge < -0.3 is 14.4 Å².